The van der Waals surface area contributed by atoms with Crippen LogP contribution in [0.25, 0.3) is 0 Å². The van der Waals surface area contributed by atoms with Gasteiger partial charge >= 0.3 is 6.03 Å². The Hall–Kier alpha value is -2.08. The lowest BCUT2D eigenvalue weighted by Crippen LogP contribution is -2.59. The molecule has 2 aliphatic rings. The van der Waals surface area contributed by atoms with Crippen LogP contribution < -0.4 is 16.0 Å². The van der Waals surface area contributed by atoms with E-state index in [9.17, 15) is 9.59 Å². The smallest absolute Gasteiger partial charge is 0.321 e. The van der Waals surface area contributed by atoms with Gasteiger partial charge < -0.3 is 20.9 Å². The molecule has 1 saturated carbocycles. The van der Waals surface area contributed by atoms with Gasteiger partial charge in [-0.1, -0.05) is 18.2 Å². The molecule has 1 aliphatic heterocycles. The number of carbonyl (C=O) groups excluding carboxylic acids is 2. The normalized spacial score (nSPS) is 21.3. The molecule has 0 aromatic heterocycles. The van der Waals surface area contributed by atoms with Crippen LogP contribution in [0.15, 0.2) is 30.3 Å². The molecule has 1 aliphatic carbocycles. The summed E-state index contributed by atoms with van der Waals surface area (Å²) in [6.07, 6.45) is 2.42. The van der Waals surface area contributed by atoms with Crippen molar-refractivity contribution in [1.29, 1.82) is 0 Å². The van der Waals surface area contributed by atoms with Gasteiger partial charge in [-0.05, 0) is 30.9 Å². The summed E-state index contributed by atoms with van der Waals surface area (Å²) in [5, 5.41) is 9.00. The molecule has 0 bridgehead atoms. The van der Waals surface area contributed by atoms with E-state index in [0.29, 0.717) is 25.6 Å². The summed E-state index contributed by atoms with van der Waals surface area (Å²) in [5.41, 5.74) is 0.765. The van der Waals surface area contributed by atoms with Gasteiger partial charge in [0.2, 0.25) is 5.91 Å². The van der Waals surface area contributed by atoms with Crippen molar-refractivity contribution in [2.24, 2.45) is 5.92 Å². The summed E-state index contributed by atoms with van der Waals surface area (Å²) in [6.45, 7) is 2.39. The molecule has 1 unspecified atom stereocenters. The molecule has 1 saturated heterocycles. The van der Waals surface area contributed by atoms with Crippen molar-refractivity contribution in [2.75, 3.05) is 31.5 Å². The van der Waals surface area contributed by atoms with E-state index in [2.05, 4.69) is 16.0 Å². The molecule has 1 aromatic carbocycles. The first kappa shape index (κ1) is 14.8. The van der Waals surface area contributed by atoms with E-state index in [4.69, 9.17) is 0 Å². The molecule has 1 aromatic rings. The first-order valence-electron chi connectivity index (χ1n) is 7.84. The van der Waals surface area contributed by atoms with E-state index < -0.39 is 0 Å². The van der Waals surface area contributed by atoms with Crippen LogP contribution in [0.2, 0.25) is 0 Å². The van der Waals surface area contributed by atoms with Crippen LogP contribution in [0.4, 0.5) is 10.5 Å². The van der Waals surface area contributed by atoms with Gasteiger partial charge in [0.1, 0.15) is 6.04 Å². The maximum atomic E-state index is 12.3. The number of carbonyl (C=O) groups is 2. The number of nitrogens with zero attached hydrogens (tertiary/aromatic N) is 1. The van der Waals surface area contributed by atoms with E-state index in [1.165, 1.54) is 12.8 Å². The van der Waals surface area contributed by atoms with Crippen molar-refractivity contribution in [1.82, 2.24) is 15.5 Å². The zero-order chi connectivity index (χ0) is 15.4. The molecule has 6 heteroatoms. The molecule has 1 atom stereocenters. The minimum atomic E-state index is -0.325. The molecule has 3 rings (SSSR count). The van der Waals surface area contributed by atoms with Gasteiger partial charge in [-0.15, -0.1) is 0 Å². The Bertz CT molecular complexity index is 530. The molecule has 2 fully saturated rings. The molecule has 6 nitrogen and oxygen atoms in total. The number of benzene rings is 1. The number of amides is 3. The number of piperazine rings is 1. The van der Waals surface area contributed by atoms with E-state index in [0.717, 1.165) is 12.2 Å². The number of rotatable bonds is 4. The zero-order valence-corrected chi connectivity index (χ0v) is 12.5. The third-order valence-electron chi connectivity index (χ3n) is 4.07. The van der Waals surface area contributed by atoms with Crippen LogP contribution in [-0.4, -0.2) is 49.1 Å². The van der Waals surface area contributed by atoms with Crippen LogP contribution in [0.3, 0.4) is 0 Å². The fraction of sp³-hybridized carbons (Fsp3) is 0.500. The molecule has 118 valence electrons. The maximum absolute atomic E-state index is 12.3. The highest BCUT2D eigenvalue weighted by molar-refractivity contribution is 5.90. The molecule has 0 spiro atoms. The first-order valence-corrected chi connectivity index (χ1v) is 7.84. The predicted molar refractivity (Wildman–Crippen MR) is 84.6 cm³/mol. The Kier molecular flexibility index (Phi) is 4.58. The van der Waals surface area contributed by atoms with Crippen LogP contribution >= 0.6 is 0 Å². The zero-order valence-electron chi connectivity index (χ0n) is 12.5. The second-order valence-corrected chi connectivity index (χ2v) is 5.94. The fourth-order valence-corrected chi connectivity index (χ4v) is 2.52. The molecule has 3 amide bonds. The van der Waals surface area contributed by atoms with Crippen LogP contribution in [-0.2, 0) is 4.79 Å². The molecule has 0 radical (unpaired) electrons. The van der Waals surface area contributed by atoms with Gasteiger partial charge in [0, 0.05) is 31.9 Å². The quantitative estimate of drug-likeness (QED) is 0.777. The molecule has 22 heavy (non-hydrogen) atoms. The molecular formula is C16H22N4O2. The molecule has 1 heterocycles. The van der Waals surface area contributed by atoms with Gasteiger partial charge in [-0.25, -0.2) is 4.79 Å². The Morgan fingerprint density at radius 2 is 2.00 bits per heavy atom. The van der Waals surface area contributed by atoms with E-state index in [1.54, 1.807) is 4.90 Å². The van der Waals surface area contributed by atoms with Gasteiger partial charge in [0.15, 0.2) is 0 Å². The summed E-state index contributed by atoms with van der Waals surface area (Å²) in [5.74, 6) is 0.647. The summed E-state index contributed by atoms with van der Waals surface area (Å²) < 4.78 is 0. The van der Waals surface area contributed by atoms with E-state index in [1.807, 2.05) is 30.3 Å². The maximum Gasteiger partial charge on any atom is 0.321 e. The van der Waals surface area contributed by atoms with Gasteiger partial charge in [-0.3, -0.25) is 4.79 Å². The van der Waals surface area contributed by atoms with Crippen molar-refractivity contribution < 1.29 is 9.59 Å². The fourth-order valence-electron chi connectivity index (χ4n) is 2.52. The highest BCUT2D eigenvalue weighted by atomic mass is 16.2. The third kappa shape index (κ3) is 3.98. The first-order chi connectivity index (χ1) is 10.7. The number of nitrogens with one attached hydrogen (secondary N) is 3. The van der Waals surface area contributed by atoms with Crippen molar-refractivity contribution in [2.45, 2.75) is 18.9 Å². The van der Waals surface area contributed by atoms with Gasteiger partial charge in [0.05, 0.1) is 0 Å². The lowest BCUT2D eigenvalue weighted by Gasteiger charge is -2.33. The summed E-state index contributed by atoms with van der Waals surface area (Å²) in [4.78, 5) is 26.1. The largest absolute Gasteiger partial charge is 0.354 e. The predicted octanol–water partition coefficient (Wildman–Crippen LogP) is 1.02. The number of para-hydroxylation sites is 1. The Balaban J connectivity index is 1.50. The van der Waals surface area contributed by atoms with Crippen molar-refractivity contribution >= 4 is 17.6 Å². The van der Waals surface area contributed by atoms with Crippen molar-refractivity contribution in [3.05, 3.63) is 30.3 Å². The summed E-state index contributed by atoms with van der Waals surface area (Å²) in [6, 6.07) is 8.87. The van der Waals surface area contributed by atoms with E-state index in [-0.39, 0.29) is 18.0 Å². The van der Waals surface area contributed by atoms with Crippen LogP contribution in [0, 0.1) is 5.92 Å². The van der Waals surface area contributed by atoms with Crippen LogP contribution in [0.5, 0.6) is 0 Å². The number of anilines is 1. The monoisotopic (exact) mass is 302 g/mol. The summed E-state index contributed by atoms with van der Waals surface area (Å²) in [7, 11) is 0. The standard InChI is InChI=1S/C16H22N4O2/c21-15(18-10-12-6-7-12)14-11-20(9-8-17-14)16(22)19-13-4-2-1-3-5-13/h1-5,12,14,17H,6-11H2,(H,18,21)(H,19,22). The molecular weight excluding hydrogens is 280 g/mol. The number of urea groups is 1. The Morgan fingerprint density at radius 3 is 2.73 bits per heavy atom. The summed E-state index contributed by atoms with van der Waals surface area (Å²) >= 11 is 0. The number of hydrogen-bond acceptors (Lipinski definition) is 3. The second-order valence-electron chi connectivity index (χ2n) is 5.94. The van der Waals surface area contributed by atoms with Crippen LogP contribution in [0.1, 0.15) is 12.8 Å². The highest BCUT2D eigenvalue weighted by Crippen LogP contribution is 2.27. The van der Waals surface area contributed by atoms with Crippen molar-refractivity contribution in [3.8, 4) is 0 Å². The van der Waals surface area contributed by atoms with Gasteiger partial charge in [0.25, 0.3) is 0 Å². The molecule has 3 N–H and O–H groups in total. The second kappa shape index (κ2) is 6.79. The average Bonchev–Trinajstić information content (AvgIpc) is 3.38. The topological polar surface area (TPSA) is 73.5 Å². The number of hydrogen-bond donors (Lipinski definition) is 3. The average molecular weight is 302 g/mol. The Labute approximate surface area is 130 Å². The van der Waals surface area contributed by atoms with E-state index >= 15 is 0 Å². The van der Waals surface area contributed by atoms with Gasteiger partial charge in [-0.2, -0.15) is 0 Å². The minimum Gasteiger partial charge on any atom is -0.354 e. The Morgan fingerprint density at radius 1 is 1.23 bits per heavy atom. The third-order valence-corrected chi connectivity index (χ3v) is 4.07. The highest BCUT2D eigenvalue weighted by Gasteiger charge is 2.29. The van der Waals surface area contributed by atoms with Crippen molar-refractivity contribution in [3.63, 3.8) is 0 Å². The minimum absolute atomic E-state index is 0.0101. The lowest BCUT2D eigenvalue weighted by atomic mass is 10.2. The lowest BCUT2D eigenvalue weighted by molar-refractivity contribution is -0.123. The SMILES string of the molecule is O=C(NCC1CC1)C1CN(C(=O)Nc2ccccc2)CCN1.